The second kappa shape index (κ2) is 50.4. The zero-order chi connectivity index (χ0) is 96.6. The molecule has 0 saturated heterocycles. The van der Waals surface area contributed by atoms with Crippen molar-refractivity contribution in [1.29, 1.82) is 0 Å². The fourth-order valence-corrected chi connectivity index (χ4v) is 13.6. The van der Waals surface area contributed by atoms with Gasteiger partial charge in [0.1, 0.15) is 0 Å². The van der Waals surface area contributed by atoms with Gasteiger partial charge in [-0.05, 0) is 91.6 Å². The molecule has 0 aliphatic carbocycles. The molecule has 6 heterocycles. The van der Waals surface area contributed by atoms with E-state index in [2.05, 4.69) is 26.0 Å². The van der Waals surface area contributed by atoms with Crippen LogP contribution in [0.4, 0.5) is 0 Å². The van der Waals surface area contributed by atoms with Gasteiger partial charge in [0.2, 0.25) is 0 Å². The summed E-state index contributed by atoms with van der Waals surface area (Å²) in [7, 11) is 22.5. The summed E-state index contributed by atoms with van der Waals surface area (Å²) in [5.41, 5.74) is 12.3. The fraction of sp³-hybridized carbons (Fsp3) is 0.388. The van der Waals surface area contributed by atoms with Crippen molar-refractivity contribution in [2.75, 3.05) is 138 Å². The number of aryl methyl sites for hydroxylation is 4. The van der Waals surface area contributed by atoms with E-state index in [-0.39, 0.29) is 126 Å². The predicted octanol–water partition coefficient (Wildman–Crippen LogP) is 11.2. The molecule has 0 radical (unpaired) electrons. The lowest BCUT2D eigenvalue weighted by Gasteiger charge is -2.27. The first-order valence-corrected chi connectivity index (χ1v) is 42.2. The van der Waals surface area contributed by atoms with Crippen LogP contribution in [0.3, 0.4) is 0 Å². The van der Waals surface area contributed by atoms with Gasteiger partial charge in [0.05, 0.1) is 99.0 Å². The highest BCUT2D eigenvalue weighted by molar-refractivity contribution is 6.11. The van der Waals surface area contributed by atoms with E-state index in [0.717, 1.165) is 44.5 Å². The highest BCUT2D eigenvalue weighted by Gasteiger charge is 2.40. The summed E-state index contributed by atoms with van der Waals surface area (Å²) in [6.07, 6.45) is 0. The van der Waals surface area contributed by atoms with Gasteiger partial charge in [-0.15, -0.1) is 0 Å². The van der Waals surface area contributed by atoms with Crippen molar-refractivity contribution in [3.05, 3.63) is 281 Å². The predicted molar refractivity (Wildman–Crippen MR) is 492 cm³/mol. The molecule has 0 bridgehead atoms. The molecule has 6 aromatic carbocycles. The van der Waals surface area contributed by atoms with Crippen LogP contribution in [-0.4, -0.2) is 288 Å². The van der Waals surface area contributed by atoms with Gasteiger partial charge in [0.25, 0.3) is 70.9 Å². The van der Waals surface area contributed by atoms with Crippen molar-refractivity contribution in [3.8, 4) is 0 Å². The van der Waals surface area contributed by atoms with E-state index in [1.165, 1.54) is 69.4 Å². The summed E-state index contributed by atoms with van der Waals surface area (Å²) in [5, 5.41) is 38.9. The lowest BCUT2D eigenvalue weighted by atomic mass is 10.0. The molecule has 690 valence electrons. The summed E-state index contributed by atoms with van der Waals surface area (Å²) >= 11 is 0. The number of carbonyl (C=O) groups is 12. The van der Waals surface area contributed by atoms with Crippen molar-refractivity contribution in [2.45, 2.75) is 121 Å². The number of likely N-dealkylation sites (N-methyl/N-ethyl adjacent to an activating group) is 12. The van der Waals surface area contributed by atoms with Gasteiger partial charge in [0.15, 0.2) is 34.6 Å². The molecule has 0 fully saturated rings. The van der Waals surface area contributed by atoms with E-state index >= 15 is 0 Å². The Hall–Kier alpha value is -13.8. The first-order valence-electron chi connectivity index (χ1n) is 42.2. The monoisotopic (exact) mass is 1760 g/mol. The van der Waals surface area contributed by atoms with E-state index in [9.17, 15) is 78.0 Å². The molecule has 128 heavy (non-hydrogen) atoms. The molecular formula is C98H130N12O18. The summed E-state index contributed by atoms with van der Waals surface area (Å²) in [6.45, 7) is 27.0. The minimum Gasteiger partial charge on any atom is -0.503 e. The van der Waals surface area contributed by atoms with Crippen LogP contribution in [0.5, 0.6) is 0 Å². The van der Waals surface area contributed by atoms with Gasteiger partial charge in [-0.3, -0.25) is 57.5 Å². The second-order valence-electron chi connectivity index (χ2n) is 30.8. The van der Waals surface area contributed by atoms with Crippen LogP contribution in [0, 0.1) is 27.7 Å². The molecule has 6 aliphatic rings. The average molecular weight is 1760 g/mol. The third-order valence-electron chi connectivity index (χ3n) is 21.5. The first kappa shape index (κ1) is 107. The molecule has 4 N–H and O–H groups in total. The van der Waals surface area contributed by atoms with Crippen LogP contribution in [0.25, 0.3) is 0 Å². The topological polar surface area (TPSA) is 343 Å². The number of ether oxygens (including phenoxy) is 2. The van der Waals surface area contributed by atoms with Gasteiger partial charge in [-0.1, -0.05) is 205 Å². The molecule has 12 amide bonds. The molecule has 6 aromatic rings. The van der Waals surface area contributed by atoms with Crippen LogP contribution in [0.15, 0.2) is 226 Å². The molecule has 2 atom stereocenters. The number of methoxy groups -OCH3 is 2. The summed E-state index contributed by atoms with van der Waals surface area (Å²) in [4.78, 5) is 162. The Kier molecular flexibility index (Phi) is 41.9. The minimum atomic E-state index is -0.505. The number of hydrogen-bond acceptors (Lipinski definition) is 18. The van der Waals surface area contributed by atoms with Crippen molar-refractivity contribution in [2.24, 2.45) is 0 Å². The Morgan fingerprint density at radius 3 is 0.898 bits per heavy atom. The molecule has 6 aliphatic heterocycles. The number of aliphatic hydroxyl groups excluding tert-OH is 4. The lowest BCUT2D eigenvalue weighted by Crippen LogP contribution is -2.33. The third-order valence-corrected chi connectivity index (χ3v) is 21.5. The van der Waals surface area contributed by atoms with E-state index in [1.807, 2.05) is 215 Å². The number of nitrogens with zero attached hydrogens (tertiary/aromatic N) is 12. The van der Waals surface area contributed by atoms with Crippen LogP contribution < -0.4 is 0 Å². The van der Waals surface area contributed by atoms with Crippen LogP contribution >= 0.6 is 0 Å². The zero-order valence-electron chi connectivity index (χ0n) is 79.1. The number of amides is 12. The molecule has 30 heteroatoms. The third kappa shape index (κ3) is 27.6. The van der Waals surface area contributed by atoms with Gasteiger partial charge >= 0.3 is 0 Å². The summed E-state index contributed by atoms with van der Waals surface area (Å²) in [6, 6.07) is 50.5. The van der Waals surface area contributed by atoms with E-state index in [1.54, 1.807) is 99.3 Å². The van der Waals surface area contributed by atoms with Gasteiger partial charge in [-0.2, -0.15) is 0 Å². The maximum Gasteiger partial charge on any atom is 0.289 e. The van der Waals surface area contributed by atoms with Crippen LogP contribution in [0.2, 0.25) is 0 Å². The van der Waals surface area contributed by atoms with Gasteiger partial charge in [-0.25, -0.2) is 0 Å². The van der Waals surface area contributed by atoms with Crippen molar-refractivity contribution >= 4 is 70.9 Å². The van der Waals surface area contributed by atoms with E-state index in [0.29, 0.717) is 43.9 Å². The number of aliphatic hydroxyl groups is 4. The largest absolute Gasteiger partial charge is 0.503 e. The molecule has 2 unspecified atom stereocenters. The van der Waals surface area contributed by atoms with Gasteiger partial charge in [0, 0.05) is 111 Å². The smallest absolute Gasteiger partial charge is 0.289 e. The quantitative estimate of drug-likeness (QED) is 0.0551. The van der Waals surface area contributed by atoms with Crippen molar-refractivity contribution in [3.63, 3.8) is 0 Å². The lowest BCUT2D eigenvalue weighted by molar-refractivity contribution is -0.128. The standard InChI is InChI=1S/C17H22N2O3.C16H20N2O3.3C15H18N2O3.C14H16N2O3.3C2H6/c1-11-6-7-13(8-12(11)2)9-18(3)16(20)14-10-19(4)17(21)15(14)22-5;1-10-7-5-6-8-12(10)11(2)18(4)15(20)13-9-17(3)16(21)14(13)19;1-10-4-6-11(7-5-10)8-16(2)14(19)12-9-17(3)15(20)13(12)18;1-16(9-11-7-5-4-6-8-11)14(18)12-10-17(2)15(19)13(12)20-3;1-10(11-7-5-4-6-8-11)17(3)14(19)12-9-16(2)15(20)13(12)18;1-15(8-10-6-4-3-5-7-10)13(18)11-9-16(2)14(19)12(11)17;3*1-2/h6-8H,9-10H2,1-5H3;5-8,11,19H,9H2,1-4H3;4-7,18H,8-9H2,1-3H3;4-8H,9-10H2,1-3H3;4-8,10,18H,9H2,1-3H3;3-7,17H,8-9H2,1-2H3;3*1-2H3. The Morgan fingerprint density at radius 2 is 0.586 bits per heavy atom. The molecule has 30 nitrogen and oxygen atoms in total. The average Bonchev–Trinajstić information content (AvgIpc) is 1.67. The van der Waals surface area contributed by atoms with Crippen LogP contribution in [-0.2, 0) is 93.2 Å². The highest BCUT2D eigenvalue weighted by Crippen LogP contribution is 2.30. The number of rotatable bonds is 20. The molecule has 12 rings (SSSR count). The minimum absolute atomic E-state index is 0.134. The number of carbonyl (C=O) groups excluding carboxylic acids is 12. The van der Waals surface area contributed by atoms with Gasteiger partial charge < -0.3 is 88.7 Å². The number of benzene rings is 6. The molecular weight excluding hydrogens is 1630 g/mol. The van der Waals surface area contributed by atoms with Crippen molar-refractivity contribution in [1.82, 2.24) is 58.8 Å². The second-order valence-corrected chi connectivity index (χ2v) is 30.8. The maximum absolute atomic E-state index is 12.6. The summed E-state index contributed by atoms with van der Waals surface area (Å²) < 4.78 is 10.2. The van der Waals surface area contributed by atoms with E-state index in [4.69, 9.17) is 9.47 Å². The normalized spacial score (nSPS) is 14.8. The Bertz CT molecular complexity index is 5140. The zero-order valence-corrected chi connectivity index (χ0v) is 79.1. The molecule has 0 saturated carbocycles. The summed E-state index contributed by atoms with van der Waals surface area (Å²) in [5.74, 6) is -5.59. The van der Waals surface area contributed by atoms with E-state index < -0.39 is 46.7 Å². The molecule has 0 aromatic heterocycles. The molecule has 0 spiro atoms. The Labute approximate surface area is 754 Å². The number of hydrogen-bond donors (Lipinski definition) is 4. The van der Waals surface area contributed by atoms with Crippen LogP contribution in [0.1, 0.15) is 123 Å². The Morgan fingerprint density at radius 1 is 0.320 bits per heavy atom. The van der Waals surface area contributed by atoms with Crippen molar-refractivity contribution < 1.29 is 87.4 Å². The fourth-order valence-electron chi connectivity index (χ4n) is 13.6. The SMILES string of the molecule is CC.CC.CC.CC(c1ccccc1)N(C)C(=O)C1=C(O)C(=O)N(C)C1.CN1CC(C(=O)N(C)Cc2ccccc2)=C(O)C1=O.COC1=C(C(=O)N(C)Cc2ccc(C)c(C)c2)CN(C)C1=O.COC1=C(C(=O)N(C)Cc2ccccc2)CN(C)C1=O.Cc1ccc(CN(C)C(=O)C2=C(O)C(=O)N(C)C2)cc1.Cc1ccccc1C(C)N(C)C(=O)C1=C(O)C(=O)N(C)C1. The highest BCUT2D eigenvalue weighted by atomic mass is 16.5. The Balaban J connectivity index is 0.000000318. The first-order chi connectivity index (χ1) is 60.6. The maximum atomic E-state index is 12.6.